The summed E-state index contributed by atoms with van der Waals surface area (Å²) in [4.78, 5) is 0. The molecule has 0 aliphatic carbocycles. The number of benzene rings is 1. The summed E-state index contributed by atoms with van der Waals surface area (Å²) in [5.74, 6) is 0.710. The minimum absolute atomic E-state index is 0. The van der Waals surface area contributed by atoms with Crippen LogP contribution >= 0.6 is 12.4 Å². The molecule has 2 aliphatic heterocycles. The summed E-state index contributed by atoms with van der Waals surface area (Å²) in [7, 11) is 0. The Balaban J connectivity index is 0.000000963. The molecule has 1 aromatic carbocycles. The number of hydrogen-bond acceptors (Lipinski definition) is 2. The minimum atomic E-state index is -0.164. The zero-order valence-corrected chi connectivity index (χ0v) is 9.78. The lowest BCUT2D eigenvalue weighted by molar-refractivity contribution is 0.0600. The van der Waals surface area contributed by atoms with E-state index in [0.29, 0.717) is 0 Å². The summed E-state index contributed by atoms with van der Waals surface area (Å²) < 4.78 is 19.0. The average molecular weight is 244 g/mol. The van der Waals surface area contributed by atoms with Gasteiger partial charge in [-0.25, -0.2) is 4.39 Å². The second kappa shape index (κ2) is 4.22. The smallest absolute Gasteiger partial charge is 0.123 e. The normalized spacial score (nSPS) is 21.1. The summed E-state index contributed by atoms with van der Waals surface area (Å²) in [6.45, 7) is 1.99. The fourth-order valence-electron chi connectivity index (χ4n) is 2.56. The van der Waals surface area contributed by atoms with E-state index in [1.54, 1.807) is 12.1 Å². The van der Waals surface area contributed by atoms with Crippen LogP contribution in [0.2, 0.25) is 0 Å². The van der Waals surface area contributed by atoms with Crippen LogP contribution in [0.5, 0.6) is 5.75 Å². The summed E-state index contributed by atoms with van der Waals surface area (Å²) >= 11 is 0. The van der Waals surface area contributed by atoms with Crippen LogP contribution in [-0.2, 0) is 6.42 Å². The van der Waals surface area contributed by atoms with Gasteiger partial charge in [0.2, 0.25) is 0 Å². The van der Waals surface area contributed by atoms with Crippen molar-refractivity contribution in [3.8, 4) is 5.75 Å². The number of rotatable bonds is 0. The van der Waals surface area contributed by atoms with Gasteiger partial charge < -0.3 is 10.1 Å². The van der Waals surface area contributed by atoms with E-state index in [1.807, 2.05) is 0 Å². The maximum Gasteiger partial charge on any atom is 0.123 e. The van der Waals surface area contributed by atoms with Gasteiger partial charge in [0.1, 0.15) is 17.2 Å². The fourth-order valence-corrected chi connectivity index (χ4v) is 2.56. The van der Waals surface area contributed by atoms with Gasteiger partial charge in [0.15, 0.2) is 0 Å². The minimum Gasteiger partial charge on any atom is -0.487 e. The SMILES string of the molecule is Cl.Fc1ccc2c(c1)CC1(CCNCC1)O2. The molecule has 1 saturated heterocycles. The van der Waals surface area contributed by atoms with E-state index in [1.165, 1.54) is 6.07 Å². The third-order valence-corrected chi connectivity index (χ3v) is 3.38. The predicted octanol–water partition coefficient (Wildman–Crippen LogP) is 2.30. The summed E-state index contributed by atoms with van der Waals surface area (Å²) in [6, 6.07) is 4.83. The topological polar surface area (TPSA) is 21.3 Å². The maximum absolute atomic E-state index is 13.0. The molecule has 0 unspecified atom stereocenters. The average Bonchev–Trinajstić information content (AvgIpc) is 2.56. The Morgan fingerprint density at radius 1 is 1.25 bits per heavy atom. The molecule has 0 atom stereocenters. The van der Waals surface area contributed by atoms with Crippen molar-refractivity contribution in [1.82, 2.24) is 5.32 Å². The van der Waals surface area contributed by atoms with E-state index in [-0.39, 0.29) is 23.8 Å². The molecule has 1 aromatic rings. The first-order chi connectivity index (χ1) is 7.27. The monoisotopic (exact) mass is 243 g/mol. The van der Waals surface area contributed by atoms with Crippen LogP contribution in [0.3, 0.4) is 0 Å². The van der Waals surface area contributed by atoms with Gasteiger partial charge in [0.25, 0.3) is 0 Å². The second-order valence-electron chi connectivity index (χ2n) is 4.46. The molecule has 1 N–H and O–H groups in total. The van der Waals surface area contributed by atoms with E-state index in [0.717, 1.165) is 43.7 Å². The van der Waals surface area contributed by atoms with Gasteiger partial charge in [0, 0.05) is 12.0 Å². The van der Waals surface area contributed by atoms with Gasteiger partial charge in [-0.2, -0.15) is 0 Å². The Kier molecular flexibility index (Phi) is 3.08. The molecule has 1 fully saturated rings. The van der Waals surface area contributed by atoms with Crippen molar-refractivity contribution in [3.05, 3.63) is 29.6 Å². The molecule has 0 saturated carbocycles. The third-order valence-electron chi connectivity index (χ3n) is 3.38. The Morgan fingerprint density at radius 2 is 2.00 bits per heavy atom. The van der Waals surface area contributed by atoms with Crippen molar-refractivity contribution in [2.24, 2.45) is 0 Å². The van der Waals surface area contributed by atoms with E-state index in [2.05, 4.69) is 5.32 Å². The maximum atomic E-state index is 13.0. The molecule has 88 valence electrons. The van der Waals surface area contributed by atoms with Crippen molar-refractivity contribution >= 4 is 12.4 Å². The molecule has 4 heteroatoms. The second-order valence-corrected chi connectivity index (χ2v) is 4.46. The lowest BCUT2D eigenvalue weighted by atomic mass is 9.88. The highest BCUT2D eigenvalue weighted by Crippen LogP contribution is 2.39. The molecule has 0 bridgehead atoms. The zero-order valence-electron chi connectivity index (χ0n) is 8.96. The van der Waals surface area contributed by atoms with Crippen LogP contribution in [0.4, 0.5) is 4.39 Å². The molecule has 0 radical (unpaired) electrons. The zero-order chi connectivity index (χ0) is 10.3. The molecule has 2 heterocycles. The Bertz CT molecular complexity index is 391. The van der Waals surface area contributed by atoms with Gasteiger partial charge in [-0.3, -0.25) is 0 Å². The molecule has 2 nitrogen and oxygen atoms in total. The quantitative estimate of drug-likeness (QED) is 0.755. The fraction of sp³-hybridized carbons (Fsp3) is 0.500. The number of piperidine rings is 1. The Morgan fingerprint density at radius 3 is 2.75 bits per heavy atom. The standard InChI is InChI=1S/C12H14FNO.ClH/c13-10-1-2-11-9(7-10)8-12(15-11)3-5-14-6-4-12;/h1-2,7,14H,3-6,8H2;1H. The molecule has 3 rings (SSSR count). The highest BCUT2D eigenvalue weighted by atomic mass is 35.5. The van der Waals surface area contributed by atoms with E-state index < -0.39 is 0 Å². The van der Waals surface area contributed by atoms with Crippen LogP contribution in [0.15, 0.2) is 18.2 Å². The van der Waals surface area contributed by atoms with Gasteiger partial charge in [-0.15, -0.1) is 12.4 Å². The van der Waals surface area contributed by atoms with Crippen LogP contribution in [0.25, 0.3) is 0 Å². The number of halogens is 2. The largest absolute Gasteiger partial charge is 0.487 e. The van der Waals surface area contributed by atoms with Crippen LogP contribution in [0.1, 0.15) is 18.4 Å². The third kappa shape index (κ3) is 1.89. The number of nitrogens with one attached hydrogen (secondary N) is 1. The Labute approximate surface area is 101 Å². The molecular weight excluding hydrogens is 229 g/mol. The van der Waals surface area contributed by atoms with Crippen molar-refractivity contribution in [3.63, 3.8) is 0 Å². The van der Waals surface area contributed by atoms with E-state index in [4.69, 9.17) is 4.74 Å². The van der Waals surface area contributed by atoms with E-state index in [9.17, 15) is 4.39 Å². The summed E-state index contributed by atoms with van der Waals surface area (Å²) in [5, 5.41) is 3.32. The lowest BCUT2D eigenvalue weighted by Gasteiger charge is -2.33. The lowest BCUT2D eigenvalue weighted by Crippen LogP contribution is -2.45. The molecule has 16 heavy (non-hydrogen) atoms. The summed E-state index contributed by atoms with van der Waals surface area (Å²) in [5.41, 5.74) is 0.971. The van der Waals surface area contributed by atoms with Crippen molar-refractivity contribution in [2.45, 2.75) is 24.9 Å². The van der Waals surface area contributed by atoms with Crippen molar-refractivity contribution in [1.29, 1.82) is 0 Å². The van der Waals surface area contributed by atoms with Crippen LogP contribution in [0, 0.1) is 5.82 Å². The van der Waals surface area contributed by atoms with Gasteiger partial charge in [-0.05, 0) is 44.1 Å². The van der Waals surface area contributed by atoms with Crippen LogP contribution in [-0.4, -0.2) is 18.7 Å². The summed E-state index contributed by atoms with van der Waals surface area (Å²) in [6.07, 6.45) is 2.90. The van der Waals surface area contributed by atoms with Crippen molar-refractivity contribution in [2.75, 3.05) is 13.1 Å². The van der Waals surface area contributed by atoms with Crippen LogP contribution < -0.4 is 10.1 Å². The first-order valence-corrected chi connectivity index (χ1v) is 5.46. The van der Waals surface area contributed by atoms with Gasteiger partial charge >= 0.3 is 0 Å². The molecular formula is C12H15ClFNO. The van der Waals surface area contributed by atoms with Gasteiger partial charge in [-0.1, -0.05) is 0 Å². The molecule has 0 aromatic heterocycles. The number of ether oxygens (including phenoxy) is 1. The van der Waals surface area contributed by atoms with Gasteiger partial charge in [0.05, 0.1) is 0 Å². The Hall–Kier alpha value is -0.800. The number of fused-ring (bicyclic) bond motifs is 1. The molecule has 2 aliphatic rings. The highest BCUT2D eigenvalue weighted by Gasteiger charge is 2.40. The highest BCUT2D eigenvalue weighted by molar-refractivity contribution is 5.85. The van der Waals surface area contributed by atoms with E-state index >= 15 is 0 Å². The predicted molar refractivity (Wildman–Crippen MR) is 62.8 cm³/mol. The molecule has 0 amide bonds. The number of hydrogen-bond donors (Lipinski definition) is 1. The first-order valence-electron chi connectivity index (χ1n) is 5.46. The molecule has 1 spiro atoms. The first kappa shape index (κ1) is 11.7. The van der Waals surface area contributed by atoms with Crippen molar-refractivity contribution < 1.29 is 9.13 Å².